The first-order valence-corrected chi connectivity index (χ1v) is 7.09. The lowest BCUT2D eigenvalue weighted by Gasteiger charge is -2.36. The van der Waals surface area contributed by atoms with Crippen LogP contribution >= 0.6 is 11.8 Å². The summed E-state index contributed by atoms with van der Waals surface area (Å²) in [5.74, 6) is 0.324. The van der Waals surface area contributed by atoms with Crippen LogP contribution in [-0.2, 0) is 0 Å². The summed E-state index contributed by atoms with van der Waals surface area (Å²) in [7, 11) is 0. The summed E-state index contributed by atoms with van der Waals surface area (Å²) in [5.41, 5.74) is 12.8. The minimum atomic E-state index is -0.257. The van der Waals surface area contributed by atoms with Gasteiger partial charge in [-0.05, 0) is 25.2 Å². The summed E-state index contributed by atoms with van der Waals surface area (Å²) in [6.07, 6.45) is 7.51. The second kappa shape index (κ2) is 4.08. The molecule has 1 aliphatic heterocycles. The van der Waals surface area contributed by atoms with Gasteiger partial charge < -0.3 is 11.5 Å². The molecule has 4 N–H and O–H groups in total. The molecular weight excluding hydrogens is 256 g/mol. The van der Waals surface area contributed by atoms with Gasteiger partial charge in [-0.2, -0.15) is 10.5 Å². The molecule has 0 aromatic heterocycles. The van der Waals surface area contributed by atoms with Gasteiger partial charge in [0.2, 0.25) is 0 Å². The van der Waals surface area contributed by atoms with E-state index in [-0.39, 0.29) is 11.3 Å². The molecule has 1 fully saturated rings. The van der Waals surface area contributed by atoms with Gasteiger partial charge in [0.15, 0.2) is 0 Å². The van der Waals surface area contributed by atoms with E-state index in [0.29, 0.717) is 27.1 Å². The van der Waals surface area contributed by atoms with Crippen molar-refractivity contribution >= 4 is 11.8 Å². The highest BCUT2D eigenvalue weighted by Crippen LogP contribution is 2.59. The lowest BCUT2D eigenvalue weighted by atomic mass is 9.68. The van der Waals surface area contributed by atoms with Crippen molar-refractivity contribution in [3.05, 3.63) is 33.4 Å². The van der Waals surface area contributed by atoms with Gasteiger partial charge >= 0.3 is 0 Å². The fourth-order valence-electron chi connectivity index (χ4n) is 3.62. The van der Waals surface area contributed by atoms with Crippen LogP contribution in [0.25, 0.3) is 0 Å². The molecular formula is C14H14N4S. The Morgan fingerprint density at radius 3 is 2.21 bits per heavy atom. The topological polar surface area (TPSA) is 99.6 Å². The van der Waals surface area contributed by atoms with Crippen LogP contribution in [-0.4, -0.2) is 0 Å². The van der Waals surface area contributed by atoms with E-state index in [9.17, 15) is 10.5 Å². The number of nitrogens with two attached hydrogens (primary N) is 2. The molecule has 19 heavy (non-hydrogen) atoms. The van der Waals surface area contributed by atoms with Gasteiger partial charge in [0.1, 0.15) is 0 Å². The summed E-state index contributed by atoms with van der Waals surface area (Å²) >= 11 is 1.14. The molecule has 4 nitrogen and oxygen atoms in total. The van der Waals surface area contributed by atoms with Crippen LogP contribution in [0.1, 0.15) is 19.3 Å². The van der Waals surface area contributed by atoms with Crippen LogP contribution in [0.15, 0.2) is 33.4 Å². The zero-order valence-electron chi connectivity index (χ0n) is 10.4. The second-order valence-corrected chi connectivity index (χ2v) is 6.49. The first-order chi connectivity index (χ1) is 9.11. The van der Waals surface area contributed by atoms with E-state index in [4.69, 9.17) is 11.5 Å². The van der Waals surface area contributed by atoms with Gasteiger partial charge in [-0.15, -0.1) is 0 Å². The number of nitrogens with zero attached hydrogens (tertiary/aromatic N) is 2. The zero-order valence-corrected chi connectivity index (χ0v) is 11.2. The van der Waals surface area contributed by atoms with E-state index in [0.717, 1.165) is 31.0 Å². The van der Waals surface area contributed by atoms with Crippen LogP contribution in [0.2, 0.25) is 0 Å². The van der Waals surface area contributed by atoms with E-state index in [1.807, 2.05) is 0 Å². The van der Waals surface area contributed by atoms with Gasteiger partial charge in [0.05, 0.1) is 33.3 Å². The van der Waals surface area contributed by atoms with Crippen LogP contribution in [0, 0.1) is 39.9 Å². The maximum absolute atomic E-state index is 9.42. The molecule has 3 aliphatic rings. The molecule has 1 saturated carbocycles. The number of hydrogen-bond donors (Lipinski definition) is 2. The highest BCUT2D eigenvalue weighted by molar-refractivity contribution is 8.06. The fraction of sp³-hybridized carbons (Fsp3) is 0.429. The standard InChI is InChI=1S/C14H14N4S/c15-6-9-11(10(7-16)13(18)19-12(9)17)14-3-1-8(5-14)2-4-14/h1,3,8,11H,2,4-5,17-18H2. The molecule has 0 radical (unpaired) electrons. The van der Waals surface area contributed by atoms with Crippen molar-refractivity contribution in [2.75, 3.05) is 0 Å². The maximum Gasteiger partial charge on any atom is 0.0981 e. The quantitative estimate of drug-likeness (QED) is 0.711. The highest BCUT2D eigenvalue weighted by atomic mass is 32.2. The molecule has 0 aromatic carbocycles. The molecule has 2 atom stereocenters. The smallest absolute Gasteiger partial charge is 0.0981 e. The largest absolute Gasteiger partial charge is 0.392 e. The lowest BCUT2D eigenvalue weighted by molar-refractivity contribution is 0.320. The summed E-state index contributed by atoms with van der Waals surface area (Å²) in [6, 6.07) is 4.40. The van der Waals surface area contributed by atoms with Gasteiger partial charge in [0.25, 0.3) is 0 Å². The van der Waals surface area contributed by atoms with Gasteiger partial charge in [0, 0.05) is 11.3 Å². The van der Waals surface area contributed by atoms with Crippen molar-refractivity contribution in [2.45, 2.75) is 19.3 Å². The number of fused-ring (bicyclic) bond motifs is 2. The van der Waals surface area contributed by atoms with E-state index < -0.39 is 0 Å². The summed E-state index contributed by atoms with van der Waals surface area (Å²) in [6.45, 7) is 0. The molecule has 0 aromatic rings. The van der Waals surface area contributed by atoms with Crippen molar-refractivity contribution in [1.29, 1.82) is 10.5 Å². The summed E-state index contributed by atoms with van der Waals surface area (Å²) < 4.78 is 0. The third-order valence-electron chi connectivity index (χ3n) is 4.47. The lowest BCUT2D eigenvalue weighted by Crippen LogP contribution is -2.32. The summed E-state index contributed by atoms with van der Waals surface area (Å²) in [4.78, 5) is 0. The predicted octanol–water partition coefficient (Wildman–Crippen LogP) is 2.09. The Labute approximate surface area is 116 Å². The molecule has 2 aliphatic carbocycles. The predicted molar refractivity (Wildman–Crippen MR) is 73.6 cm³/mol. The first kappa shape index (κ1) is 12.2. The Hall–Kier alpha value is -1.85. The Balaban J connectivity index is 2.15. The van der Waals surface area contributed by atoms with Crippen LogP contribution in [0.5, 0.6) is 0 Å². The fourth-order valence-corrected chi connectivity index (χ4v) is 4.40. The Morgan fingerprint density at radius 2 is 1.84 bits per heavy atom. The zero-order chi connectivity index (χ0) is 13.6. The average Bonchev–Trinajstić information content (AvgIpc) is 2.99. The Bertz CT molecular complexity index is 580. The van der Waals surface area contributed by atoms with Crippen LogP contribution in [0.3, 0.4) is 0 Å². The normalized spacial score (nSPS) is 33.7. The van der Waals surface area contributed by atoms with Crippen molar-refractivity contribution in [3.8, 4) is 12.1 Å². The average molecular weight is 270 g/mol. The maximum atomic E-state index is 9.42. The first-order valence-electron chi connectivity index (χ1n) is 6.28. The molecule has 0 amide bonds. The molecule has 0 saturated heterocycles. The Morgan fingerprint density at radius 1 is 1.21 bits per heavy atom. The monoisotopic (exact) mass is 270 g/mol. The number of nitriles is 2. The van der Waals surface area contributed by atoms with Crippen LogP contribution in [0.4, 0.5) is 0 Å². The van der Waals surface area contributed by atoms with Crippen molar-refractivity contribution in [2.24, 2.45) is 28.7 Å². The Kier molecular flexibility index (Phi) is 2.62. The van der Waals surface area contributed by atoms with Gasteiger partial charge in [-0.1, -0.05) is 23.9 Å². The van der Waals surface area contributed by atoms with E-state index >= 15 is 0 Å². The highest BCUT2D eigenvalue weighted by Gasteiger charge is 2.51. The van der Waals surface area contributed by atoms with Gasteiger partial charge in [-0.3, -0.25) is 0 Å². The minimum Gasteiger partial charge on any atom is -0.392 e. The summed E-state index contributed by atoms with van der Waals surface area (Å²) in [5, 5.41) is 19.7. The SMILES string of the molecule is N#CC1=C(N)SC(N)=C(C#N)C1C12C=CC(CC1)C2. The molecule has 2 bridgehead atoms. The van der Waals surface area contributed by atoms with E-state index in [2.05, 4.69) is 24.3 Å². The van der Waals surface area contributed by atoms with Crippen molar-refractivity contribution in [1.82, 2.24) is 0 Å². The van der Waals surface area contributed by atoms with Gasteiger partial charge in [-0.25, -0.2) is 0 Å². The van der Waals surface area contributed by atoms with E-state index in [1.165, 1.54) is 0 Å². The molecule has 3 rings (SSSR count). The molecule has 96 valence electrons. The van der Waals surface area contributed by atoms with Crippen molar-refractivity contribution < 1.29 is 0 Å². The third-order valence-corrected chi connectivity index (χ3v) is 5.35. The number of rotatable bonds is 1. The number of hydrogen-bond acceptors (Lipinski definition) is 5. The molecule has 1 heterocycles. The van der Waals surface area contributed by atoms with E-state index in [1.54, 1.807) is 0 Å². The second-order valence-electron chi connectivity index (χ2n) is 5.41. The molecule has 0 spiro atoms. The minimum absolute atomic E-state index is 0.128. The van der Waals surface area contributed by atoms with Crippen molar-refractivity contribution in [3.63, 3.8) is 0 Å². The molecule has 5 heteroatoms. The number of thioether (sulfide) groups is 1. The molecule has 2 unspecified atom stereocenters. The number of allylic oxidation sites excluding steroid dienone is 4. The third kappa shape index (κ3) is 1.59. The van der Waals surface area contributed by atoms with Crippen LogP contribution < -0.4 is 11.5 Å².